The van der Waals surface area contributed by atoms with Gasteiger partial charge in [-0.25, -0.2) is 4.79 Å². The maximum Gasteiger partial charge on any atom is 0.336 e. The van der Waals surface area contributed by atoms with Crippen molar-refractivity contribution in [2.75, 3.05) is 0 Å². The number of aromatic carboxylic acids is 1. The Morgan fingerprint density at radius 2 is 2.15 bits per heavy atom. The number of ether oxygens (including phenoxy) is 1. The summed E-state index contributed by atoms with van der Waals surface area (Å²) in [6.07, 6.45) is 1.78. The van der Waals surface area contributed by atoms with Crippen LogP contribution in [0.1, 0.15) is 41.3 Å². The minimum atomic E-state index is -0.938. The molecule has 1 N–H and O–H groups in total. The standard InChI is InChI=1S/C15H18N2O3/c1-10(2)11-5-4-6-12(15(18)19)13(11)9-20-14-7-8-17(3)16-14/h4-8,10H,9H2,1-3H3,(H,18,19). The van der Waals surface area contributed by atoms with E-state index >= 15 is 0 Å². The lowest BCUT2D eigenvalue weighted by Gasteiger charge is -2.15. The molecule has 0 amide bonds. The lowest BCUT2D eigenvalue weighted by atomic mass is 9.94. The molecule has 0 aliphatic heterocycles. The smallest absolute Gasteiger partial charge is 0.336 e. The van der Waals surface area contributed by atoms with E-state index in [1.165, 1.54) is 0 Å². The Balaban J connectivity index is 2.30. The van der Waals surface area contributed by atoms with Crippen molar-refractivity contribution < 1.29 is 14.6 Å². The lowest BCUT2D eigenvalue weighted by Crippen LogP contribution is -2.10. The highest BCUT2D eigenvalue weighted by molar-refractivity contribution is 5.89. The Hall–Kier alpha value is -2.30. The summed E-state index contributed by atoms with van der Waals surface area (Å²) in [6, 6.07) is 7.06. The van der Waals surface area contributed by atoms with Crippen LogP contribution in [0, 0.1) is 0 Å². The average Bonchev–Trinajstić information content (AvgIpc) is 2.81. The van der Waals surface area contributed by atoms with Crippen molar-refractivity contribution in [2.45, 2.75) is 26.4 Å². The van der Waals surface area contributed by atoms with Crippen molar-refractivity contribution in [2.24, 2.45) is 7.05 Å². The summed E-state index contributed by atoms with van der Waals surface area (Å²) in [5.74, 6) is -0.217. The number of carboxylic acid groups (broad SMARTS) is 1. The van der Waals surface area contributed by atoms with E-state index in [1.807, 2.05) is 19.9 Å². The van der Waals surface area contributed by atoms with Crippen LogP contribution in [0.2, 0.25) is 0 Å². The van der Waals surface area contributed by atoms with Gasteiger partial charge in [0.15, 0.2) is 0 Å². The van der Waals surface area contributed by atoms with E-state index in [2.05, 4.69) is 5.10 Å². The molecule has 1 heterocycles. The first-order valence-corrected chi connectivity index (χ1v) is 6.46. The molecule has 0 aliphatic carbocycles. The molecule has 0 saturated carbocycles. The first-order valence-electron chi connectivity index (χ1n) is 6.46. The summed E-state index contributed by atoms with van der Waals surface area (Å²) < 4.78 is 7.24. The van der Waals surface area contributed by atoms with Gasteiger partial charge in [0.25, 0.3) is 0 Å². The van der Waals surface area contributed by atoms with Crippen LogP contribution in [-0.4, -0.2) is 20.9 Å². The number of carboxylic acids is 1. The van der Waals surface area contributed by atoms with Gasteiger partial charge in [0.1, 0.15) is 6.61 Å². The number of aromatic nitrogens is 2. The molecule has 106 valence electrons. The highest BCUT2D eigenvalue weighted by atomic mass is 16.5. The van der Waals surface area contributed by atoms with Gasteiger partial charge in [-0.1, -0.05) is 26.0 Å². The average molecular weight is 274 g/mol. The largest absolute Gasteiger partial charge is 0.478 e. The second kappa shape index (κ2) is 5.77. The topological polar surface area (TPSA) is 64.3 Å². The molecule has 0 fully saturated rings. The van der Waals surface area contributed by atoms with Gasteiger partial charge in [0.05, 0.1) is 5.56 Å². The molecule has 20 heavy (non-hydrogen) atoms. The maximum absolute atomic E-state index is 11.3. The number of hydrogen-bond donors (Lipinski definition) is 1. The molecule has 0 atom stereocenters. The predicted octanol–water partition coefficient (Wildman–Crippen LogP) is 2.82. The highest BCUT2D eigenvalue weighted by Gasteiger charge is 2.16. The summed E-state index contributed by atoms with van der Waals surface area (Å²) >= 11 is 0. The molecular weight excluding hydrogens is 256 g/mol. The molecule has 1 aromatic heterocycles. The Kier molecular flexibility index (Phi) is 4.08. The van der Waals surface area contributed by atoms with Gasteiger partial charge in [0.2, 0.25) is 5.88 Å². The van der Waals surface area contributed by atoms with Gasteiger partial charge >= 0.3 is 5.97 Å². The van der Waals surface area contributed by atoms with Crippen LogP contribution in [0.3, 0.4) is 0 Å². The monoisotopic (exact) mass is 274 g/mol. The van der Waals surface area contributed by atoms with E-state index < -0.39 is 5.97 Å². The summed E-state index contributed by atoms with van der Waals surface area (Å²) in [5.41, 5.74) is 1.98. The van der Waals surface area contributed by atoms with Gasteiger partial charge < -0.3 is 9.84 Å². The molecule has 0 radical (unpaired) electrons. The Morgan fingerprint density at radius 1 is 1.40 bits per heavy atom. The maximum atomic E-state index is 11.3. The molecular formula is C15H18N2O3. The van der Waals surface area contributed by atoms with Gasteiger partial charge in [0, 0.05) is 24.9 Å². The van der Waals surface area contributed by atoms with Crippen molar-refractivity contribution in [3.05, 3.63) is 47.2 Å². The van der Waals surface area contributed by atoms with Crippen LogP contribution >= 0.6 is 0 Å². The van der Waals surface area contributed by atoms with Crippen LogP contribution < -0.4 is 4.74 Å². The van der Waals surface area contributed by atoms with Crippen LogP contribution in [0.5, 0.6) is 5.88 Å². The van der Waals surface area contributed by atoms with Crippen LogP contribution in [0.15, 0.2) is 30.5 Å². The van der Waals surface area contributed by atoms with Gasteiger partial charge in [-0.05, 0) is 17.5 Å². The van der Waals surface area contributed by atoms with Gasteiger partial charge in [-0.3, -0.25) is 4.68 Å². The highest BCUT2D eigenvalue weighted by Crippen LogP contribution is 2.24. The molecule has 2 rings (SSSR count). The fourth-order valence-electron chi connectivity index (χ4n) is 2.12. The number of aryl methyl sites for hydroxylation is 1. The normalized spacial score (nSPS) is 10.8. The Labute approximate surface area is 117 Å². The molecule has 0 bridgehead atoms. The third-order valence-corrected chi connectivity index (χ3v) is 3.12. The fourth-order valence-corrected chi connectivity index (χ4v) is 2.12. The minimum absolute atomic E-state index is 0.201. The second-order valence-corrected chi connectivity index (χ2v) is 4.95. The number of rotatable bonds is 5. The summed E-state index contributed by atoms with van der Waals surface area (Å²) in [4.78, 5) is 11.3. The van der Waals surface area contributed by atoms with E-state index in [0.717, 1.165) is 5.56 Å². The molecule has 0 spiro atoms. The zero-order chi connectivity index (χ0) is 14.7. The lowest BCUT2D eigenvalue weighted by molar-refractivity contribution is 0.0693. The van der Waals surface area contributed by atoms with Crippen molar-refractivity contribution in [3.8, 4) is 5.88 Å². The van der Waals surface area contributed by atoms with Crippen LogP contribution in [-0.2, 0) is 13.7 Å². The number of benzene rings is 1. The molecule has 2 aromatic rings. The van der Waals surface area contributed by atoms with E-state index in [4.69, 9.17) is 4.74 Å². The number of hydrogen-bond acceptors (Lipinski definition) is 3. The summed E-state index contributed by atoms with van der Waals surface area (Å²) in [7, 11) is 1.80. The number of nitrogens with zero attached hydrogens (tertiary/aromatic N) is 2. The molecule has 0 aliphatic rings. The SMILES string of the molecule is CC(C)c1cccc(C(=O)O)c1COc1ccn(C)n1. The van der Waals surface area contributed by atoms with Gasteiger partial charge in [-0.15, -0.1) is 5.10 Å². The summed E-state index contributed by atoms with van der Waals surface area (Å²) in [5, 5.41) is 13.4. The van der Waals surface area contributed by atoms with Gasteiger partial charge in [-0.2, -0.15) is 0 Å². The summed E-state index contributed by atoms with van der Waals surface area (Å²) in [6.45, 7) is 4.27. The van der Waals surface area contributed by atoms with Crippen LogP contribution in [0.4, 0.5) is 0 Å². The predicted molar refractivity (Wildman–Crippen MR) is 75.0 cm³/mol. The van der Waals surface area contributed by atoms with E-state index in [0.29, 0.717) is 11.4 Å². The minimum Gasteiger partial charge on any atom is -0.478 e. The van der Waals surface area contributed by atoms with E-state index in [1.54, 1.807) is 36.1 Å². The molecule has 0 saturated heterocycles. The van der Waals surface area contributed by atoms with Crippen LogP contribution in [0.25, 0.3) is 0 Å². The quantitative estimate of drug-likeness (QED) is 0.910. The Bertz CT molecular complexity index is 617. The fraction of sp³-hybridized carbons (Fsp3) is 0.333. The molecule has 1 aromatic carbocycles. The molecule has 0 unspecified atom stereocenters. The third kappa shape index (κ3) is 2.99. The van der Waals surface area contributed by atoms with E-state index in [9.17, 15) is 9.90 Å². The van der Waals surface area contributed by atoms with Crippen molar-refractivity contribution in [1.29, 1.82) is 0 Å². The zero-order valence-electron chi connectivity index (χ0n) is 11.8. The van der Waals surface area contributed by atoms with E-state index in [-0.39, 0.29) is 18.1 Å². The first-order chi connectivity index (χ1) is 9.49. The third-order valence-electron chi connectivity index (χ3n) is 3.12. The van der Waals surface area contributed by atoms with Crippen molar-refractivity contribution in [3.63, 3.8) is 0 Å². The number of carbonyl (C=O) groups is 1. The first kappa shape index (κ1) is 14.1. The zero-order valence-corrected chi connectivity index (χ0v) is 11.8. The molecule has 5 nitrogen and oxygen atoms in total. The molecule has 5 heteroatoms. The van der Waals surface area contributed by atoms with Crippen molar-refractivity contribution >= 4 is 5.97 Å². The second-order valence-electron chi connectivity index (χ2n) is 4.95. The Morgan fingerprint density at radius 3 is 2.70 bits per heavy atom. The van der Waals surface area contributed by atoms with Crippen molar-refractivity contribution in [1.82, 2.24) is 9.78 Å².